The van der Waals surface area contributed by atoms with Crippen LogP contribution in [0.5, 0.6) is 0 Å². The van der Waals surface area contributed by atoms with E-state index in [0.29, 0.717) is 5.76 Å². The fourth-order valence-electron chi connectivity index (χ4n) is 1.68. The summed E-state index contributed by atoms with van der Waals surface area (Å²) < 4.78 is 5.49. The second kappa shape index (κ2) is 4.28. The summed E-state index contributed by atoms with van der Waals surface area (Å²) in [5.74, 6) is 0.408. The molecule has 0 aliphatic carbocycles. The van der Waals surface area contributed by atoms with Crippen LogP contribution in [0, 0.1) is 5.92 Å². The molecule has 0 spiro atoms. The fraction of sp³-hybridized carbons (Fsp3) is 0.385. The topological polar surface area (TPSA) is 53.6 Å². The van der Waals surface area contributed by atoms with Crippen LogP contribution in [-0.4, -0.2) is 16.3 Å². The Morgan fingerprint density at radius 3 is 2.44 bits per heavy atom. The van der Waals surface area contributed by atoms with E-state index in [1.54, 1.807) is 6.07 Å². The van der Waals surface area contributed by atoms with Crippen LogP contribution in [0.15, 0.2) is 34.7 Å². The number of aliphatic hydroxyl groups excluding tert-OH is 2. The number of rotatable bonds is 3. The van der Waals surface area contributed by atoms with Crippen LogP contribution in [-0.2, 0) is 0 Å². The maximum atomic E-state index is 9.92. The van der Waals surface area contributed by atoms with Crippen LogP contribution < -0.4 is 0 Å². The first-order valence-electron chi connectivity index (χ1n) is 5.44. The molecular weight excluding hydrogens is 204 g/mol. The number of benzene rings is 1. The van der Waals surface area contributed by atoms with Crippen molar-refractivity contribution in [1.29, 1.82) is 0 Å². The van der Waals surface area contributed by atoms with Crippen LogP contribution >= 0.6 is 0 Å². The molecular formula is C13H16O3. The first-order chi connectivity index (χ1) is 7.59. The van der Waals surface area contributed by atoms with Gasteiger partial charge in [0.1, 0.15) is 17.4 Å². The Hall–Kier alpha value is -1.32. The van der Waals surface area contributed by atoms with Gasteiger partial charge in [0.25, 0.3) is 0 Å². The van der Waals surface area contributed by atoms with Gasteiger partial charge in [-0.2, -0.15) is 0 Å². The summed E-state index contributed by atoms with van der Waals surface area (Å²) in [5, 5.41) is 20.6. The van der Waals surface area contributed by atoms with E-state index in [0.717, 1.165) is 11.0 Å². The Balaban J connectivity index is 2.33. The molecule has 3 heteroatoms. The van der Waals surface area contributed by atoms with Gasteiger partial charge in [0.2, 0.25) is 0 Å². The molecule has 1 aromatic heterocycles. The Bertz CT molecular complexity index is 440. The van der Waals surface area contributed by atoms with Gasteiger partial charge in [-0.05, 0) is 18.1 Å². The highest BCUT2D eigenvalue weighted by Crippen LogP contribution is 2.27. The number of para-hydroxylation sites is 1. The molecule has 1 aromatic carbocycles. The summed E-state index contributed by atoms with van der Waals surface area (Å²) in [4.78, 5) is 0. The van der Waals surface area contributed by atoms with Crippen molar-refractivity contribution in [2.24, 2.45) is 5.92 Å². The third-order valence-electron chi connectivity index (χ3n) is 2.74. The van der Waals surface area contributed by atoms with Crippen LogP contribution in [0.2, 0.25) is 0 Å². The first kappa shape index (κ1) is 11.2. The highest BCUT2D eigenvalue weighted by Gasteiger charge is 2.24. The molecule has 0 aliphatic rings. The third kappa shape index (κ3) is 1.96. The molecule has 0 fully saturated rings. The second-order valence-corrected chi connectivity index (χ2v) is 4.37. The normalized spacial score (nSPS) is 15.6. The van der Waals surface area contributed by atoms with E-state index in [-0.39, 0.29) is 5.92 Å². The zero-order valence-corrected chi connectivity index (χ0v) is 9.42. The van der Waals surface area contributed by atoms with Crippen molar-refractivity contribution in [3.63, 3.8) is 0 Å². The zero-order chi connectivity index (χ0) is 11.7. The maximum Gasteiger partial charge on any atom is 0.138 e. The van der Waals surface area contributed by atoms with Gasteiger partial charge in [-0.15, -0.1) is 0 Å². The van der Waals surface area contributed by atoms with Gasteiger partial charge in [0.05, 0.1) is 6.10 Å². The summed E-state index contributed by atoms with van der Waals surface area (Å²) in [6.07, 6.45) is -1.77. The van der Waals surface area contributed by atoms with E-state index in [1.807, 2.05) is 38.1 Å². The molecule has 3 nitrogen and oxygen atoms in total. The highest BCUT2D eigenvalue weighted by atomic mass is 16.4. The smallest absolute Gasteiger partial charge is 0.138 e. The second-order valence-electron chi connectivity index (χ2n) is 4.37. The summed E-state index contributed by atoms with van der Waals surface area (Å²) in [6.45, 7) is 3.72. The van der Waals surface area contributed by atoms with Gasteiger partial charge in [-0.1, -0.05) is 32.0 Å². The number of fused-ring (bicyclic) bond motifs is 1. The lowest BCUT2D eigenvalue weighted by atomic mass is 10.0. The van der Waals surface area contributed by atoms with Crippen LogP contribution in [0.25, 0.3) is 11.0 Å². The lowest BCUT2D eigenvalue weighted by Crippen LogP contribution is -2.23. The zero-order valence-electron chi connectivity index (χ0n) is 9.42. The van der Waals surface area contributed by atoms with E-state index in [9.17, 15) is 10.2 Å². The van der Waals surface area contributed by atoms with E-state index in [2.05, 4.69) is 0 Å². The number of aliphatic hydroxyl groups is 2. The van der Waals surface area contributed by atoms with E-state index < -0.39 is 12.2 Å². The first-order valence-corrected chi connectivity index (χ1v) is 5.44. The highest BCUT2D eigenvalue weighted by molar-refractivity contribution is 5.77. The van der Waals surface area contributed by atoms with Gasteiger partial charge < -0.3 is 14.6 Å². The summed E-state index contributed by atoms with van der Waals surface area (Å²) in [7, 11) is 0. The minimum Gasteiger partial charge on any atom is -0.458 e. The molecule has 0 radical (unpaired) electrons. The minimum atomic E-state index is -0.965. The van der Waals surface area contributed by atoms with Crippen LogP contribution in [0.4, 0.5) is 0 Å². The molecule has 0 saturated heterocycles. The molecule has 2 aromatic rings. The van der Waals surface area contributed by atoms with Crippen molar-refractivity contribution in [2.75, 3.05) is 0 Å². The quantitative estimate of drug-likeness (QED) is 0.835. The Labute approximate surface area is 94.3 Å². The molecule has 2 N–H and O–H groups in total. The van der Waals surface area contributed by atoms with Gasteiger partial charge in [0.15, 0.2) is 0 Å². The van der Waals surface area contributed by atoms with Gasteiger partial charge in [0, 0.05) is 5.39 Å². The molecule has 0 amide bonds. The largest absolute Gasteiger partial charge is 0.458 e. The van der Waals surface area contributed by atoms with Gasteiger partial charge in [-0.25, -0.2) is 0 Å². The molecule has 1 heterocycles. The van der Waals surface area contributed by atoms with E-state index in [4.69, 9.17) is 4.42 Å². The number of furan rings is 1. The SMILES string of the molecule is CC(C)C(O)C(O)c1cc2ccccc2o1. The maximum absolute atomic E-state index is 9.92. The lowest BCUT2D eigenvalue weighted by Gasteiger charge is -2.18. The molecule has 2 atom stereocenters. The van der Waals surface area contributed by atoms with Crippen molar-refractivity contribution in [1.82, 2.24) is 0 Å². The van der Waals surface area contributed by atoms with E-state index >= 15 is 0 Å². The Kier molecular flexibility index (Phi) is 2.99. The predicted octanol–water partition coefficient (Wildman–Crippen LogP) is 2.48. The monoisotopic (exact) mass is 220 g/mol. The Morgan fingerprint density at radius 1 is 1.12 bits per heavy atom. The van der Waals surface area contributed by atoms with Crippen molar-refractivity contribution in [3.8, 4) is 0 Å². The molecule has 86 valence electrons. The summed E-state index contributed by atoms with van der Waals surface area (Å²) >= 11 is 0. The summed E-state index contributed by atoms with van der Waals surface area (Å²) in [6, 6.07) is 9.31. The van der Waals surface area contributed by atoms with Crippen molar-refractivity contribution < 1.29 is 14.6 Å². The van der Waals surface area contributed by atoms with Crippen LogP contribution in [0.3, 0.4) is 0 Å². The molecule has 16 heavy (non-hydrogen) atoms. The summed E-state index contributed by atoms with van der Waals surface area (Å²) in [5.41, 5.74) is 0.729. The van der Waals surface area contributed by atoms with Gasteiger partial charge >= 0.3 is 0 Å². The fourth-order valence-corrected chi connectivity index (χ4v) is 1.68. The molecule has 0 bridgehead atoms. The van der Waals surface area contributed by atoms with Crippen molar-refractivity contribution in [3.05, 3.63) is 36.1 Å². The average molecular weight is 220 g/mol. The predicted molar refractivity (Wildman–Crippen MR) is 62.0 cm³/mol. The minimum absolute atomic E-state index is 0.0109. The molecule has 2 rings (SSSR count). The van der Waals surface area contributed by atoms with Gasteiger partial charge in [-0.3, -0.25) is 0 Å². The number of hydrogen-bond acceptors (Lipinski definition) is 3. The van der Waals surface area contributed by atoms with Crippen LogP contribution in [0.1, 0.15) is 25.7 Å². The van der Waals surface area contributed by atoms with E-state index in [1.165, 1.54) is 0 Å². The lowest BCUT2D eigenvalue weighted by molar-refractivity contribution is -0.0197. The molecule has 0 saturated carbocycles. The average Bonchev–Trinajstić information content (AvgIpc) is 2.70. The molecule has 2 unspecified atom stereocenters. The standard InChI is InChI=1S/C13H16O3/c1-8(2)12(14)13(15)11-7-9-5-3-4-6-10(9)16-11/h3-8,12-15H,1-2H3. The van der Waals surface area contributed by atoms with Crippen molar-refractivity contribution in [2.45, 2.75) is 26.1 Å². The van der Waals surface area contributed by atoms with Crippen molar-refractivity contribution >= 4 is 11.0 Å². The number of hydrogen-bond donors (Lipinski definition) is 2. The third-order valence-corrected chi connectivity index (χ3v) is 2.74. The Morgan fingerprint density at radius 2 is 1.81 bits per heavy atom. The molecule has 0 aliphatic heterocycles.